The van der Waals surface area contributed by atoms with Gasteiger partial charge in [-0.1, -0.05) is 59.9 Å². The van der Waals surface area contributed by atoms with Crippen molar-refractivity contribution >= 4 is 11.9 Å². The van der Waals surface area contributed by atoms with Gasteiger partial charge in [0.25, 0.3) is 0 Å². The Hall–Kier alpha value is -3.94. The van der Waals surface area contributed by atoms with E-state index >= 15 is 0 Å². The van der Waals surface area contributed by atoms with Crippen LogP contribution in [0.1, 0.15) is 97.6 Å². The largest absolute Gasteiger partial charge is 0.489 e. The fourth-order valence-corrected chi connectivity index (χ4v) is 4.20. The number of carbonyl (C=O) groups is 2. The van der Waals surface area contributed by atoms with Crippen LogP contribution in [0.4, 0.5) is 0 Å². The standard InChI is InChI=1S/C35H48O8/c1-10-19-38-30-26(15-17-28(32(30)40-21-12-3)42-34(36)23(6)7)25(14-5)27-16-18-29(43-35(37)24(8)9)33(41-22-13-4)31(27)39-20-11-2/h15-18,25H,6,8,10-14,19-22H2,1-5,7,9H3. The molecule has 43 heavy (non-hydrogen) atoms. The number of rotatable bonds is 19. The highest BCUT2D eigenvalue weighted by molar-refractivity contribution is 5.90. The third-order valence-corrected chi connectivity index (χ3v) is 6.28. The maximum atomic E-state index is 12.5. The summed E-state index contributed by atoms with van der Waals surface area (Å²) in [6.45, 7) is 22.4. The number of ether oxygens (including phenoxy) is 6. The molecule has 0 N–H and O–H groups in total. The molecule has 0 amide bonds. The molecule has 0 unspecified atom stereocenters. The van der Waals surface area contributed by atoms with Crippen LogP contribution in [-0.4, -0.2) is 38.4 Å². The van der Waals surface area contributed by atoms with Crippen LogP contribution in [0, 0.1) is 0 Å². The highest BCUT2D eigenvalue weighted by Gasteiger charge is 2.30. The zero-order valence-electron chi connectivity index (χ0n) is 26.9. The van der Waals surface area contributed by atoms with Gasteiger partial charge >= 0.3 is 11.9 Å². The first kappa shape index (κ1) is 35.3. The normalized spacial score (nSPS) is 10.7. The number of hydrogen-bond acceptors (Lipinski definition) is 8. The second-order valence-corrected chi connectivity index (χ2v) is 10.3. The summed E-state index contributed by atoms with van der Waals surface area (Å²) < 4.78 is 36.3. The molecule has 0 fully saturated rings. The molecular weight excluding hydrogens is 548 g/mol. The van der Waals surface area contributed by atoms with E-state index in [0.29, 0.717) is 55.8 Å². The van der Waals surface area contributed by atoms with Crippen molar-refractivity contribution in [3.63, 3.8) is 0 Å². The van der Waals surface area contributed by atoms with E-state index in [9.17, 15) is 9.59 Å². The molecular formula is C35H48O8. The van der Waals surface area contributed by atoms with Crippen molar-refractivity contribution in [1.82, 2.24) is 0 Å². The summed E-state index contributed by atoms with van der Waals surface area (Å²) in [6.07, 6.45) is 3.70. The molecule has 0 saturated carbocycles. The Morgan fingerprint density at radius 1 is 0.581 bits per heavy atom. The molecule has 0 aliphatic rings. The SMILES string of the molecule is C=C(C)C(=O)Oc1ccc(C(CC)c2ccc(OC(=O)C(=C)C)c(OCCC)c2OCCC)c(OCCC)c1OCCC. The van der Waals surface area contributed by atoms with Crippen LogP contribution in [0.15, 0.2) is 48.6 Å². The monoisotopic (exact) mass is 596 g/mol. The van der Waals surface area contributed by atoms with Crippen LogP contribution >= 0.6 is 0 Å². The quantitative estimate of drug-likeness (QED) is 0.0908. The van der Waals surface area contributed by atoms with E-state index in [2.05, 4.69) is 20.1 Å². The molecule has 8 nitrogen and oxygen atoms in total. The van der Waals surface area contributed by atoms with Crippen molar-refractivity contribution in [2.75, 3.05) is 26.4 Å². The Bertz CT molecular complexity index is 1170. The van der Waals surface area contributed by atoms with E-state index in [-0.39, 0.29) is 28.6 Å². The summed E-state index contributed by atoms with van der Waals surface area (Å²) in [5.74, 6) is 0.950. The molecule has 0 aliphatic carbocycles. The molecule has 0 radical (unpaired) electrons. The zero-order valence-corrected chi connectivity index (χ0v) is 26.9. The molecule has 0 bridgehead atoms. The van der Waals surface area contributed by atoms with Gasteiger partial charge in [0, 0.05) is 28.2 Å². The molecule has 2 aromatic carbocycles. The summed E-state index contributed by atoms with van der Waals surface area (Å²) in [4.78, 5) is 25.0. The minimum absolute atomic E-state index is 0.233. The van der Waals surface area contributed by atoms with Gasteiger partial charge in [-0.15, -0.1) is 0 Å². The molecule has 0 aromatic heterocycles. The first-order valence-corrected chi connectivity index (χ1v) is 15.2. The number of esters is 2. The second kappa shape index (κ2) is 17.9. The fraction of sp³-hybridized carbons (Fsp3) is 0.486. The van der Waals surface area contributed by atoms with E-state index < -0.39 is 11.9 Å². The molecule has 0 heterocycles. The van der Waals surface area contributed by atoms with Gasteiger partial charge in [-0.25, -0.2) is 9.59 Å². The smallest absolute Gasteiger partial charge is 0.338 e. The van der Waals surface area contributed by atoms with Crippen molar-refractivity contribution in [3.05, 3.63) is 59.7 Å². The third-order valence-electron chi connectivity index (χ3n) is 6.28. The van der Waals surface area contributed by atoms with E-state index in [1.54, 1.807) is 26.0 Å². The summed E-state index contributed by atoms with van der Waals surface area (Å²) in [5.41, 5.74) is 2.23. The second-order valence-electron chi connectivity index (χ2n) is 10.3. The molecule has 2 aromatic rings. The topological polar surface area (TPSA) is 89.5 Å². The Balaban J connectivity index is 2.85. The van der Waals surface area contributed by atoms with E-state index in [0.717, 1.165) is 36.8 Å². The lowest BCUT2D eigenvalue weighted by molar-refractivity contribution is -0.131. The Kier molecular flexibility index (Phi) is 14.7. The van der Waals surface area contributed by atoms with Crippen LogP contribution in [0.2, 0.25) is 0 Å². The van der Waals surface area contributed by atoms with Crippen molar-refractivity contribution in [2.24, 2.45) is 0 Å². The van der Waals surface area contributed by atoms with Gasteiger partial charge in [-0.2, -0.15) is 0 Å². The van der Waals surface area contributed by atoms with Crippen LogP contribution in [-0.2, 0) is 9.59 Å². The highest BCUT2D eigenvalue weighted by Crippen LogP contribution is 2.50. The highest BCUT2D eigenvalue weighted by atomic mass is 16.6. The Morgan fingerprint density at radius 3 is 1.19 bits per heavy atom. The lowest BCUT2D eigenvalue weighted by Crippen LogP contribution is -2.14. The van der Waals surface area contributed by atoms with Gasteiger partial charge in [-0.3, -0.25) is 0 Å². The van der Waals surface area contributed by atoms with Crippen LogP contribution in [0.3, 0.4) is 0 Å². The van der Waals surface area contributed by atoms with Gasteiger partial charge in [0.15, 0.2) is 23.0 Å². The molecule has 0 spiro atoms. The maximum absolute atomic E-state index is 12.5. The van der Waals surface area contributed by atoms with Crippen molar-refractivity contribution in [3.8, 4) is 34.5 Å². The maximum Gasteiger partial charge on any atom is 0.338 e. The molecule has 2 rings (SSSR count). The number of benzene rings is 2. The first-order valence-electron chi connectivity index (χ1n) is 15.2. The van der Waals surface area contributed by atoms with Gasteiger partial charge in [0.2, 0.25) is 11.5 Å². The summed E-state index contributed by atoms with van der Waals surface area (Å²) in [6, 6.07) is 7.24. The predicted molar refractivity (Wildman–Crippen MR) is 169 cm³/mol. The molecule has 0 aliphatic heterocycles. The van der Waals surface area contributed by atoms with Gasteiger partial charge < -0.3 is 28.4 Å². The molecule has 0 atom stereocenters. The van der Waals surface area contributed by atoms with E-state index in [4.69, 9.17) is 28.4 Å². The van der Waals surface area contributed by atoms with Crippen LogP contribution in [0.25, 0.3) is 0 Å². The first-order chi connectivity index (χ1) is 20.6. The zero-order chi connectivity index (χ0) is 31.9. The van der Waals surface area contributed by atoms with Gasteiger partial charge in [-0.05, 0) is 58.1 Å². The number of carbonyl (C=O) groups excluding carboxylic acids is 2. The van der Waals surface area contributed by atoms with Gasteiger partial charge in [0.1, 0.15) is 0 Å². The fourth-order valence-electron chi connectivity index (χ4n) is 4.20. The average Bonchev–Trinajstić information content (AvgIpc) is 2.98. The predicted octanol–water partition coefficient (Wildman–Crippen LogP) is 8.35. The van der Waals surface area contributed by atoms with Crippen molar-refractivity contribution in [2.45, 2.75) is 86.5 Å². The lowest BCUT2D eigenvalue weighted by atomic mass is 9.87. The molecule has 0 saturated heterocycles. The summed E-state index contributed by atoms with van der Waals surface area (Å²) in [7, 11) is 0. The average molecular weight is 597 g/mol. The number of hydrogen-bond donors (Lipinski definition) is 0. The third kappa shape index (κ3) is 9.53. The Morgan fingerprint density at radius 2 is 0.907 bits per heavy atom. The summed E-state index contributed by atoms with van der Waals surface area (Å²) in [5, 5.41) is 0. The lowest BCUT2D eigenvalue weighted by Gasteiger charge is -2.26. The van der Waals surface area contributed by atoms with Gasteiger partial charge in [0.05, 0.1) is 26.4 Å². The molecule has 236 valence electrons. The minimum Gasteiger partial charge on any atom is -0.489 e. The summed E-state index contributed by atoms with van der Waals surface area (Å²) >= 11 is 0. The van der Waals surface area contributed by atoms with Crippen molar-refractivity contribution < 1.29 is 38.0 Å². The Labute approximate surface area is 257 Å². The van der Waals surface area contributed by atoms with Crippen LogP contribution in [0.5, 0.6) is 34.5 Å². The minimum atomic E-state index is -0.546. The van der Waals surface area contributed by atoms with E-state index in [1.165, 1.54) is 0 Å². The van der Waals surface area contributed by atoms with Crippen molar-refractivity contribution in [1.29, 1.82) is 0 Å². The molecule has 8 heteroatoms. The van der Waals surface area contributed by atoms with E-state index in [1.807, 2.05) is 39.8 Å². The van der Waals surface area contributed by atoms with Crippen LogP contribution < -0.4 is 28.4 Å².